The standard InChI is InChI=1S/C6H9PS2/c1-3-6-4-5-7(2,8)9-6/h1,6H,4-5H2,2H3. The van der Waals surface area contributed by atoms with Crippen LogP contribution < -0.4 is 0 Å². The Hall–Kier alpha value is 0.560. The van der Waals surface area contributed by atoms with Crippen LogP contribution in [0.15, 0.2) is 0 Å². The van der Waals surface area contributed by atoms with E-state index < -0.39 is 5.24 Å². The van der Waals surface area contributed by atoms with Crippen molar-refractivity contribution in [1.29, 1.82) is 0 Å². The fraction of sp³-hybridized carbons (Fsp3) is 0.667. The van der Waals surface area contributed by atoms with Crippen molar-refractivity contribution in [3.63, 3.8) is 0 Å². The highest BCUT2D eigenvalue weighted by atomic mass is 32.9. The third kappa shape index (κ3) is 2.00. The molecule has 1 aliphatic heterocycles. The molecule has 9 heavy (non-hydrogen) atoms. The Morgan fingerprint density at radius 1 is 1.89 bits per heavy atom. The van der Waals surface area contributed by atoms with Gasteiger partial charge < -0.3 is 0 Å². The average Bonchev–Trinajstić information content (AvgIpc) is 2.10. The van der Waals surface area contributed by atoms with Crippen LogP contribution in [-0.4, -0.2) is 18.1 Å². The summed E-state index contributed by atoms with van der Waals surface area (Å²) in [6.07, 6.45) is 7.60. The van der Waals surface area contributed by atoms with E-state index in [0.29, 0.717) is 5.25 Å². The summed E-state index contributed by atoms with van der Waals surface area (Å²) in [5.74, 6) is 2.74. The van der Waals surface area contributed by atoms with Gasteiger partial charge in [-0.3, -0.25) is 0 Å². The summed E-state index contributed by atoms with van der Waals surface area (Å²) in [4.78, 5) is 0. The molecule has 0 aromatic rings. The molecule has 0 saturated carbocycles. The predicted octanol–water partition coefficient (Wildman–Crippen LogP) is 2.15. The van der Waals surface area contributed by atoms with Gasteiger partial charge in [0.05, 0.1) is 5.25 Å². The van der Waals surface area contributed by atoms with Crippen molar-refractivity contribution in [2.75, 3.05) is 12.8 Å². The minimum Gasteiger partial charge on any atom is -0.119 e. The van der Waals surface area contributed by atoms with E-state index in [9.17, 15) is 0 Å². The minimum absolute atomic E-state index is 0.431. The lowest BCUT2D eigenvalue weighted by Crippen LogP contribution is -1.88. The Labute approximate surface area is 65.5 Å². The second-order valence-electron chi connectivity index (χ2n) is 2.29. The summed E-state index contributed by atoms with van der Waals surface area (Å²) in [5, 5.41) is -0.577. The summed E-state index contributed by atoms with van der Waals surface area (Å²) in [6, 6.07) is 0. The van der Waals surface area contributed by atoms with E-state index in [1.807, 2.05) is 11.4 Å². The first-order chi connectivity index (χ1) is 4.14. The van der Waals surface area contributed by atoms with Crippen LogP contribution in [0, 0.1) is 12.3 Å². The Morgan fingerprint density at radius 2 is 2.56 bits per heavy atom. The zero-order valence-corrected chi connectivity index (χ0v) is 7.86. The predicted molar refractivity (Wildman–Crippen MR) is 49.9 cm³/mol. The van der Waals surface area contributed by atoms with Crippen LogP contribution in [0.3, 0.4) is 0 Å². The molecule has 50 valence electrons. The molecule has 1 aliphatic rings. The van der Waals surface area contributed by atoms with Crippen molar-refractivity contribution >= 4 is 28.4 Å². The van der Waals surface area contributed by atoms with Gasteiger partial charge in [-0.2, -0.15) is 0 Å². The fourth-order valence-corrected chi connectivity index (χ4v) is 6.67. The van der Waals surface area contributed by atoms with Gasteiger partial charge >= 0.3 is 0 Å². The maximum Gasteiger partial charge on any atom is 0.0707 e. The molecule has 0 amide bonds. The lowest BCUT2D eigenvalue weighted by molar-refractivity contribution is 1.03. The monoisotopic (exact) mass is 176 g/mol. The van der Waals surface area contributed by atoms with Gasteiger partial charge in [0.25, 0.3) is 0 Å². The Morgan fingerprint density at radius 3 is 2.78 bits per heavy atom. The SMILES string of the molecule is C#CC1CCP(C)(=S)S1. The van der Waals surface area contributed by atoms with Gasteiger partial charge in [0.15, 0.2) is 0 Å². The summed E-state index contributed by atoms with van der Waals surface area (Å²) >= 11 is 7.19. The van der Waals surface area contributed by atoms with E-state index in [-0.39, 0.29) is 0 Å². The second-order valence-corrected chi connectivity index (χ2v) is 11.7. The normalized spacial score (nSPS) is 42.4. The Balaban J connectivity index is 2.60. The van der Waals surface area contributed by atoms with Crippen molar-refractivity contribution in [2.45, 2.75) is 11.7 Å². The van der Waals surface area contributed by atoms with Crippen molar-refractivity contribution in [1.82, 2.24) is 0 Å². The largest absolute Gasteiger partial charge is 0.119 e. The second kappa shape index (κ2) is 2.66. The summed E-state index contributed by atoms with van der Waals surface area (Å²) in [6.45, 7) is 2.18. The molecule has 0 spiro atoms. The maximum atomic E-state index is 5.33. The van der Waals surface area contributed by atoms with Gasteiger partial charge in [-0.05, 0) is 19.2 Å². The minimum atomic E-state index is -1.01. The van der Waals surface area contributed by atoms with E-state index in [1.54, 1.807) is 0 Å². The lowest BCUT2D eigenvalue weighted by Gasteiger charge is -2.03. The lowest BCUT2D eigenvalue weighted by atomic mass is 10.3. The summed E-state index contributed by atoms with van der Waals surface area (Å²) < 4.78 is 0. The van der Waals surface area contributed by atoms with Crippen LogP contribution in [0.25, 0.3) is 0 Å². The molecule has 1 heterocycles. The Bertz CT molecular complexity index is 192. The molecule has 0 aromatic heterocycles. The van der Waals surface area contributed by atoms with Gasteiger partial charge in [0, 0.05) is 5.24 Å². The summed E-state index contributed by atoms with van der Waals surface area (Å²) in [5.41, 5.74) is 0. The first kappa shape index (κ1) is 7.66. The molecule has 2 atom stereocenters. The third-order valence-corrected chi connectivity index (χ3v) is 7.45. The van der Waals surface area contributed by atoms with Crippen LogP contribution in [0.5, 0.6) is 0 Å². The topological polar surface area (TPSA) is 0 Å². The van der Waals surface area contributed by atoms with E-state index >= 15 is 0 Å². The highest BCUT2D eigenvalue weighted by molar-refractivity contribution is 8.71. The van der Waals surface area contributed by atoms with Crippen molar-refractivity contribution in [3.05, 3.63) is 0 Å². The molecule has 2 unspecified atom stereocenters. The van der Waals surface area contributed by atoms with Crippen molar-refractivity contribution in [2.24, 2.45) is 0 Å². The molecule has 0 bridgehead atoms. The van der Waals surface area contributed by atoms with Crippen LogP contribution in [0.1, 0.15) is 6.42 Å². The molecular formula is C6H9PS2. The van der Waals surface area contributed by atoms with Gasteiger partial charge in [-0.1, -0.05) is 17.7 Å². The first-order valence-electron chi connectivity index (χ1n) is 2.85. The molecule has 0 aromatic carbocycles. The molecule has 1 saturated heterocycles. The molecule has 1 rings (SSSR count). The van der Waals surface area contributed by atoms with Crippen LogP contribution in [0.2, 0.25) is 0 Å². The van der Waals surface area contributed by atoms with Crippen molar-refractivity contribution in [3.8, 4) is 12.3 Å². The zero-order valence-electron chi connectivity index (χ0n) is 5.33. The number of rotatable bonds is 0. The quantitative estimate of drug-likeness (QED) is 0.410. The third-order valence-electron chi connectivity index (χ3n) is 1.33. The highest BCUT2D eigenvalue weighted by Gasteiger charge is 2.25. The maximum absolute atomic E-state index is 5.33. The molecule has 0 radical (unpaired) electrons. The number of hydrogen-bond acceptors (Lipinski definition) is 2. The summed E-state index contributed by atoms with van der Waals surface area (Å²) in [7, 11) is 0. The smallest absolute Gasteiger partial charge is 0.0707 e. The molecule has 0 aliphatic carbocycles. The average molecular weight is 176 g/mol. The van der Waals surface area contributed by atoms with Crippen LogP contribution in [0.4, 0.5) is 0 Å². The number of terminal acetylenes is 1. The van der Waals surface area contributed by atoms with Gasteiger partial charge in [-0.15, -0.1) is 17.8 Å². The van der Waals surface area contributed by atoms with Gasteiger partial charge in [0.2, 0.25) is 0 Å². The zero-order chi connectivity index (χ0) is 6.91. The molecule has 1 fully saturated rings. The number of hydrogen-bond donors (Lipinski definition) is 0. The van der Waals surface area contributed by atoms with E-state index in [2.05, 4.69) is 12.6 Å². The van der Waals surface area contributed by atoms with E-state index in [0.717, 1.165) is 6.42 Å². The van der Waals surface area contributed by atoms with E-state index in [1.165, 1.54) is 6.16 Å². The molecule has 3 heteroatoms. The van der Waals surface area contributed by atoms with Crippen LogP contribution in [-0.2, 0) is 11.8 Å². The van der Waals surface area contributed by atoms with Crippen molar-refractivity contribution < 1.29 is 0 Å². The first-order valence-corrected chi connectivity index (χ1v) is 7.77. The van der Waals surface area contributed by atoms with Gasteiger partial charge in [-0.25, -0.2) is 0 Å². The molecular weight excluding hydrogens is 167 g/mol. The van der Waals surface area contributed by atoms with Crippen LogP contribution >= 0.6 is 16.6 Å². The van der Waals surface area contributed by atoms with E-state index in [4.69, 9.17) is 18.2 Å². The Kier molecular flexibility index (Phi) is 2.27. The van der Waals surface area contributed by atoms with Gasteiger partial charge in [0.1, 0.15) is 0 Å². The fourth-order valence-electron chi connectivity index (χ4n) is 0.840. The molecule has 0 N–H and O–H groups in total. The highest BCUT2D eigenvalue weighted by Crippen LogP contribution is 2.63. The molecule has 0 nitrogen and oxygen atoms in total.